The summed E-state index contributed by atoms with van der Waals surface area (Å²) in [5, 5.41) is 1.53. The predicted octanol–water partition coefficient (Wildman–Crippen LogP) is 1.06. The second-order valence-electron chi connectivity index (χ2n) is 4.14. The zero-order chi connectivity index (χ0) is 13.3. The van der Waals surface area contributed by atoms with Gasteiger partial charge in [0.15, 0.2) is 0 Å². The van der Waals surface area contributed by atoms with Crippen LogP contribution >= 0.6 is 0 Å². The van der Waals surface area contributed by atoms with Gasteiger partial charge in [-0.25, -0.2) is 8.42 Å². The highest BCUT2D eigenvalue weighted by Gasteiger charge is 2.16. The number of hydrazine groups is 1. The Hall–Kier alpha value is -1.63. The summed E-state index contributed by atoms with van der Waals surface area (Å²) in [6.07, 6.45) is 0. The van der Waals surface area contributed by atoms with E-state index in [2.05, 4.69) is 0 Å². The van der Waals surface area contributed by atoms with E-state index in [-0.39, 0.29) is 4.90 Å². The molecule has 0 aromatic heterocycles. The van der Waals surface area contributed by atoms with Crippen molar-refractivity contribution in [2.75, 3.05) is 19.0 Å². The molecule has 0 unspecified atom stereocenters. The molecule has 2 aromatic rings. The Morgan fingerprint density at radius 1 is 1.06 bits per heavy atom. The van der Waals surface area contributed by atoms with Gasteiger partial charge in [-0.15, -0.1) is 0 Å². The molecule has 0 aliphatic heterocycles. The number of hydrogen-bond acceptors (Lipinski definition) is 4. The van der Waals surface area contributed by atoms with Gasteiger partial charge in [0.2, 0.25) is 0 Å². The average molecular weight is 265 g/mol. The van der Waals surface area contributed by atoms with Crippen molar-refractivity contribution in [2.45, 2.75) is 4.90 Å². The summed E-state index contributed by atoms with van der Waals surface area (Å²) in [4.78, 5) is 3.98. The van der Waals surface area contributed by atoms with Gasteiger partial charge in [0, 0.05) is 30.6 Å². The molecule has 0 saturated carbocycles. The summed E-state index contributed by atoms with van der Waals surface area (Å²) in [6.45, 7) is 0. The molecule has 0 aliphatic rings. The maximum Gasteiger partial charge on any atom is 0.253 e. The molecule has 0 fully saturated rings. The molecule has 0 amide bonds. The molecule has 0 heterocycles. The Labute approximate surface area is 106 Å². The van der Waals surface area contributed by atoms with Crippen LogP contribution in [0.15, 0.2) is 41.3 Å². The number of rotatable bonds is 3. The first-order valence-corrected chi connectivity index (χ1v) is 6.87. The fraction of sp³-hybridized carbons (Fsp3) is 0.167. The van der Waals surface area contributed by atoms with E-state index in [1.165, 1.54) is 6.07 Å². The molecule has 2 aromatic carbocycles. The molecular formula is C12H15N3O2S. The Balaban J connectivity index is 2.84. The molecule has 5 nitrogen and oxygen atoms in total. The molecule has 0 aliphatic carbocycles. The molecule has 96 valence electrons. The van der Waals surface area contributed by atoms with Crippen LogP contribution in [0.5, 0.6) is 0 Å². The average Bonchev–Trinajstić information content (AvgIpc) is 2.37. The van der Waals surface area contributed by atoms with Crippen LogP contribution in [0.2, 0.25) is 0 Å². The number of benzene rings is 2. The van der Waals surface area contributed by atoms with Crippen LogP contribution in [0.3, 0.4) is 0 Å². The number of nitrogens with zero attached hydrogens (tertiary/aromatic N) is 1. The monoisotopic (exact) mass is 265 g/mol. The van der Waals surface area contributed by atoms with Crippen LogP contribution in [0.25, 0.3) is 10.8 Å². The van der Waals surface area contributed by atoms with E-state index in [0.29, 0.717) is 5.39 Å². The summed E-state index contributed by atoms with van der Waals surface area (Å²) in [5.41, 5.74) is 0.960. The van der Waals surface area contributed by atoms with Crippen molar-refractivity contribution in [3.8, 4) is 0 Å². The van der Waals surface area contributed by atoms with Gasteiger partial charge in [0.1, 0.15) is 0 Å². The fourth-order valence-corrected chi connectivity index (χ4v) is 2.80. The van der Waals surface area contributed by atoms with Crippen LogP contribution in [-0.2, 0) is 10.0 Å². The van der Waals surface area contributed by atoms with Gasteiger partial charge in [-0.05, 0) is 12.1 Å². The highest BCUT2D eigenvalue weighted by molar-refractivity contribution is 7.89. The van der Waals surface area contributed by atoms with Gasteiger partial charge in [-0.2, -0.15) is 4.83 Å². The Morgan fingerprint density at radius 2 is 1.67 bits per heavy atom. The molecular weight excluding hydrogens is 250 g/mol. The van der Waals surface area contributed by atoms with Gasteiger partial charge in [0.05, 0.1) is 4.90 Å². The topological polar surface area (TPSA) is 75.4 Å². The lowest BCUT2D eigenvalue weighted by atomic mass is 10.1. The van der Waals surface area contributed by atoms with Crippen molar-refractivity contribution < 1.29 is 8.42 Å². The summed E-state index contributed by atoms with van der Waals surface area (Å²) in [5.74, 6) is 5.08. The van der Waals surface area contributed by atoms with E-state index in [0.717, 1.165) is 11.1 Å². The third kappa shape index (κ3) is 2.05. The third-order valence-corrected chi connectivity index (χ3v) is 4.03. The largest absolute Gasteiger partial charge is 0.377 e. The fourth-order valence-electron chi connectivity index (χ4n) is 1.95. The van der Waals surface area contributed by atoms with Gasteiger partial charge in [-0.1, -0.05) is 24.3 Å². The lowest BCUT2D eigenvalue weighted by Gasteiger charge is -2.16. The molecule has 6 heteroatoms. The maximum atomic E-state index is 11.8. The van der Waals surface area contributed by atoms with E-state index in [4.69, 9.17) is 5.84 Å². The Morgan fingerprint density at radius 3 is 2.28 bits per heavy atom. The lowest BCUT2D eigenvalue weighted by Crippen LogP contribution is -2.30. The van der Waals surface area contributed by atoms with Crippen LogP contribution in [0, 0.1) is 0 Å². The molecule has 0 atom stereocenters. The molecule has 0 spiro atoms. The standard InChI is InChI=1S/C12H15N3O2S/c1-15(2)11-7-3-6-10-9(11)5-4-8-12(10)18(16,17)14-13/h3-8,14H,13H2,1-2H3. The first kappa shape index (κ1) is 12.8. The number of hydrogen-bond donors (Lipinski definition) is 2. The zero-order valence-electron chi connectivity index (χ0n) is 10.2. The molecule has 18 heavy (non-hydrogen) atoms. The summed E-state index contributed by atoms with van der Waals surface area (Å²) in [7, 11) is 0.170. The van der Waals surface area contributed by atoms with E-state index < -0.39 is 10.0 Å². The SMILES string of the molecule is CN(C)c1cccc2c(S(=O)(=O)NN)cccc12. The number of fused-ring (bicyclic) bond motifs is 1. The van der Waals surface area contributed by atoms with Crippen LogP contribution < -0.4 is 15.6 Å². The molecule has 0 bridgehead atoms. The number of nitrogens with two attached hydrogens (primary N) is 1. The van der Waals surface area contributed by atoms with Crippen molar-refractivity contribution in [1.29, 1.82) is 0 Å². The second kappa shape index (κ2) is 4.56. The van der Waals surface area contributed by atoms with Crippen molar-refractivity contribution in [2.24, 2.45) is 5.84 Å². The normalized spacial score (nSPS) is 11.7. The summed E-state index contributed by atoms with van der Waals surface area (Å²) < 4.78 is 23.7. The minimum absolute atomic E-state index is 0.186. The maximum absolute atomic E-state index is 11.8. The highest BCUT2D eigenvalue weighted by atomic mass is 32.2. The zero-order valence-corrected chi connectivity index (χ0v) is 11.0. The van der Waals surface area contributed by atoms with Crippen molar-refractivity contribution in [3.05, 3.63) is 36.4 Å². The van der Waals surface area contributed by atoms with E-state index in [1.54, 1.807) is 12.1 Å². The van der Waals surface area contributed by atoms with E-state index in [9.17, 15) is 8.42 Å². The van der Waals surface area contributed by atoms with Crippen LogP contribution in [0.1, 0.15) is 0 Å². The number of nitrogens with one attached hydrogen (secondary N) is 1. The van der Waals surface area contributed by atoms with Gasteiger partial charge >= 0.3 is 0 Å². The molecule has 0 radical (unpaired) electrons. The summed E-state index contributed by atoms with van der Waals surface area (Å²) in [6, 6.07) is 10.7. The van der Waals surface area contributed by atoms with E-state index in [1.807, 2.05) is 42.0 Å². The minimum atomic E-state index is -3.66. The smallest absolute Gasteiger partial charge is 0.253 e. The van der Waals surface area contributed by atoms with Crippen LogP contribution in [0.4, 0.5) is 5.69 Å². The Kier molecular flexibility index (Phi) is 3.25. The van der Waals surface area contributed by atoms with Crippen molar-refractivity contribution in [1.82, 2.24) is 4.83 Å². The predicted molar refractivity (Wildman–Crippen MR) is 72.8 cm³/mol. The lowest BCUT2D eigenvalue weighted by molar-refractivity contribution is 0.585. The molecule has 2 rings (SSSR count). The van der Waals surface area contributed by atoms with Gasteiger partial charge in [-0.3, -0.25) is 5.84 Å². The number of anilines is 1. The second-order valence-corrected chi connectivity index (χ2v) is 5.83. The van der Waals surface area contributed by atoms with Gasteiger partial charge in [0.25, 0.3) is 10.0 Å². The highest BCUT2D eigenvalue weighted by Crippen LogP contribution is 2.29. The van der Waals surface area contributed by atoms with Crippen molar-refractivity contribution in [3.63, 3.8) is 0 Å². The summed E-state index contributed by atoms with van der Waals surface area (Å²) >= 11 is 0. The number of sulfonamides is 1. The first-order valence-electron chi connectivity index (χ1n) is 5.39. The van der Waals surface area contributed by atoms with Crippen LogP contribution in [-0.4, -0.2) is 22.5 Å². The minimum Gasteiger partial charge on any atom is -0.377 e. The molecule has 0 saturated heterocycles. The third-order valence-electron chi connectivity index (χ3n) is 2.79. The van der Waals surface area contributed by atoms with Crippen molar-refractivity contribution >= 4 is 26.5 Å². The molecule has 3 N–H and O–H groups in total. The Bertz CT molecular complexity index is 681. The van der Waals surface area contributed by atoms with Gasteiger partial charge < -0.3 is 4.90 Å². The van der Waals surface area contributed by atoms with E-state index >= 15 is 0 Å². The first-order chi connectivity index (χ1) is 8.47. The quantitative estimate of drug-likeness (QED) is 0.642.